The molecule has 0 aliphatic carbocycles. The summed E-state index contributed by atoms with van der Waals surface area (Å²) < 4.78 is 92.5. The fourth-order valence-corrected chi connectivity index (χ4v) is 6.47. The Hall–Kier alpha value is -5.88. The van der Waals surface area contributed by atoms with Crippen LogP contribution in [0.4, 0.5) is 49.1 Å². The first kappa shape index (κ1) is 36.5. The Kier molecular flexibility index (Phi) is 9.80. The molecule has 0 saturated carbocycles. The van der Waals surface area contributed by atoms with Crippen molar-refractivity contribution in [3.63, 3.8) is 0 Å². The second-order valence-corrected chi connectivity index (χ2v) is 12.5. The molecule has 0 bridgehead atoms. The maximum atomic E-state index is 13.7. The fourth-order valence-electron chi connectivity index (χ4n) is 6.47. The number of para-hydroxylation sites is 2. The van der Waals surface area contributed by atoms with Crippen molar-refractivity contribution < 1.29 is 40.7 Å². The van der Waals surface area contributed by atoms with Crippen LogP contribution in [0.1, 0.15) is 11.1 Å². The van der Waals surface area contributed by atoms with E-state index in [-0.39, 0.29) is 34.0 Å². The Morgan fingerprint density at radius 1 is 0.667 bits per heavy atom. The van der Waals surface area contributed by atoms with Gasteiger partial charge in [-0.25, -0.2) is 9.97 Å². The summed E-state index contributed by atoms with van der Waals surface area (Å²) in [5.74, 6) is 0.500. The van der Waals surface area contributed by atoms with Crippen molar-refractivity contribution in [3.8, 4) is 22.8 Å². The second kappa shape index (κ2) is 14.5. The summed E-state index contributed by atoms with van der Waals surface area (Å²) in [5.41, 5.74) is 7.25. The van der Waals surface area contributed by atoms with Gasteiger partial charge < -0.3 is 35.0 Å². The number of fused-ring (bicyclic) bond motifs is 2. The molecule has 0 radical (unpaired) electrons. The summed E-state index contributed by atoms with van der Waals surface area (Å²) in [4.78, 5) is 28.4. The topological polar surface area (TPSA) is 151 Å². The Morgan fingerprint density at radius 3 is 1.56 bits per heavy atom. The number of nitro groups is 1. The summed E-state index contributed by atoms with van der Waals surface area (Å²) in [7, 11) is 0. The van der Waals surface area contributed by atoms with Crippen LogP contribution in [0.5, 0.6) is 0 Å². The van der Waals surface area contributed by atoms with Crippen molar-refractivity contribution in [2.45, 2.75) is 12.4 Å². The number of nitro benzene ring substituents is 1. The molecule has 4 N–H and O–H groups in total. The molecule has 18 heteroatoms. The largest absolute Gasteiger partial charge is 0.418 e. The van der Waals surface area contributed by atoms with E-state index in [0.29, 0.717) is 86.2 Å². The van der Waals surface area contributed by atoms with Gasteiger partial charge >= 0.3 is 12.4 Å². The predicted octanol–water partition coefficient (Wildman–Crippen LogP) is 7.66. The van der Waals surface area contributed by atoms with Crippen LogP contribution < -0.4 is 15.5 Å². The molecule has 8 rings (SSSR count). The third kappa shape index (κ3) is 7.47. The summed E-state index contributed by atoms with van der Waals surface area (Å²) >= 11 is 0. The average molecular weight is 755 g/mol. The minimum Gasteiger partial charge on any atom is -0.397 e. The number of H-pyrrole nitrogens is 2. The first-order valence-electron chi connectivity index (χ1n) is 16.7. The van der Waals surface area contributed by atoms with Crippen molar-refractivity contribution in [1.82, 2.24) is 19.9 Å². The zero-order chi connectivity index (χ0) is 38.2. The number of morpholine rings is 2. The molecule has 6 aromatic rings. The molecule has 4 heterocycles. The highest BCUT2D eigenvalue weighted by molar-refractivity contribution is 5.90. The number of benzene rings is 4. The molecule has 2 aromatic heterocycles. The van der Waals surface area contributed by atoms with E-state index in [2.05, 4.69) is 19.9 Å². The van der Waals surface area contributed by atoms with E-state index < -0.39 is 28.4 Å². The van der Waals surface area contributed by atoms with E-state index in [1.807, 2.05) is 0 Å². The van der Waals surface area contributed by atoms with E-state index in [9.17, 15) is 36.5 Å². The van der Waals surface area contributed by atoms with Gasteiger partial charge in [-0.2, -0.15) is 26.3 Å². The van der Waals surface area contributed by atoms with Crippen LogP contribution >= 0.6 is 0 Å². The van der Waals surface area contributed by atoms with Crippen molar-refractivity contribution in [2.24, 2.45) is 0 Å². The third-order valence-electron chi connectivity index (χ3n) is 9.09. The maximum Gasteiger partial charge on any atom is 0.418 e. The Labute approximate surface area is 302 Å². The minimum absolute atomic E-state index is 0.0849. The number of halogens is 6. The summed E-state index contributed by atoms with van der Waals surface area (Å²) in [5, 5.41) is 11.2. The van der Waals surface area contributed by atoms with Crippen LogP contribution in [-0.2, 0) is 21.8 Å². The zero-order valence-electron chi connectivity index (χ0n) is 28.3. The number of nitrogens with zero attached hydrogens (tertiary/aromatic N) is 5. The van der Waals surface area contributed by atoms with Crippen molar-refractivity contribution in [3.05, 3.63) is 94.0 Å². The van der Waals surface area contributed by atoms with Gasteiger partial charge in [0.2, 0.25) is 0 Å². The number of alkyl halides is 6. The van der Waals surface area contributed by atoms with Gasteiger partial charge in [-0.1, -0.05) is 12.1 Å². The number of aromatic amines is 2. The fraction of sp³-hybridized carbons (Fsp3) is 0.278. The maximum absolute atomic E-state index is 13.7. The Morgan fingerprint density at radius 2 is 1.11 bits per heavy atom. The van der Waals surface area contributed by atoms with Crippen LogP contribution in [0.3, 0.4) is 0 Å². The van der Waals surface area contributed by atoms with Crippen LogP contribution in [0.25, 0.3) is 44.8 Å². The van der Waals surface area contributed by atoms with E-state index in [1.54, 1.807) is 40.1 Å². The predicted molar refractivity (Wildman–Crippen MR) is 190 cm³/mol. The molecule has 282 valence electrons. The van der Waals surface area contributed by atoms with E-state index in [1.165, 1.54) is 30.3 Å². The molecule has 0 unspecified atom stereocenters. The first-order valence-corrected chi connectivity index (χ1v) is 16.7. The van der Waals surface area contributed by atoms with Gasteiger partial charge in [-0.15, -0.1) is 0 Å². The molecule has 2 aliphatic rings. The number of nitrogens with two attached hydrogens (primary N) is 1. The van der Waals surface area contributed by atoms with Gasteiger partial charge in [0.25, 0.3) is 5.69 Å². The highest BCUT2D eigenvalue weighted by Gasteiger charge is 2.37. The van der Waals surface area contributed by atoms with Crippen LogP contribution in [0.15, 0.2) is 72.8 Å². The molecular formula is C36H32F6N8O4. The van der Waals surface area contributed by atoms with E-state index in [4.69, 9.17) is 15.2 Å². The number of ether oxygens (including phenoxy) is 2. The van der Waals surface area contributed by atoms with Gasteiger partial charge in [0.1, 0.15) is 17.2 Å². The lowest BCUT2D eigenvalue weighted by atomic mass is 10.1. The van der Waals surface area contributed by atoms with Gasteiger partial charge in [0.05, 0.1) is 59.2 Å². The third-order valence-corrected chi connectivity index (χ3v) is 9.09. The van der Waals surface area contributed by atoms with Crippen molar-refractivity contribution in [2.75, 3.05) is 68.1 Å². The van der Waals surface area contributed by atoms with E-state index in [0.717, 1.165) is 12.1 Å². The molecule has 2 aliphatic heterocycles. The number of rotatable bonds is 5. The lowest BCUT2D eigenvalue weighted by Gasteiger charge is -2.31. The quantitative estimate of drug-likeness (QED) is 0.0698. The molecule has 0 spiro atoms. The lowest BCUT2D eigenvalue weighted by molar-refractivity contribution is -0.383. The average Bonchev–Trinajstić information content (AvgIpc) is 3.81. The number of hydrogen-bond donors (Lipinski definition) is 3. The Balaban J connectivity index is 0.000000167. The summed E-state index contributed by atoms with van der Waals surface area (Å²) in [6.07, 6.45) is -9.02. The molecular weight excluding hydrogens is 722 g/mol. The first-order chi connectivity index (χ1) is 25.8. The number of hydrogen-bond acceptors (Lipinski definition) is 9. The minimum atomic E-state index is -4.55. The number of anilines is 3. The summed E-state index contributed by atoms with van der Waals surface area (Å²) in [6.45, 7) is 3.19. The van der Waals surface area contributed by atoms with Crippen LogP contribution in [0.2, 0.25) is 0 Å². The second-order valence-electron chi connectivity index (χ2n) is 12.5. The van der Waals surface area contributed by atoms with Gasteiger partial charge in [-0.05, 0) is 54.6 Å². The number of non-ortho nitro benzene ring substituents is 1. The molecule has 2 fully saturated rings. The van der Waals surface area contributed by atoms with E-state index >= 15 is 0 Å². The molecule has 0 amide bonds. The van der Waals surface area contributed by atoms with Crippen LogP contribution in [0, 0.1) is 10.1 Å². The van der Waals surface area contributed by atoms with Crippen molar-refractivity contribution >= 4 is 44.8 Å². The van der Waals surface area contributed by atoms with Gasteiger partial charge in [0, 0.05) is 54.7 Å². The standard InChI is InChI=1S/C18H15F3N4O3.C18H17F3N4O/c19-18(20,21)12-10-11(4-5-14(12)24-6-8-28-9-7-24)17-22-13-2-1-3-15(25(26)27)16(13)23-17;19-18(20,21)12-10-11(4-5-15(12)25-6-8-26-9-7-25)17-23-14-3-1-2-13(22)16(14)24-17/h1-5,10H,6-9H2,(H,22,23);1-5,10H,6-9,22H2,(H,23,24). The molecule has 12 nitrogen and oxygen atoms in total. The van der Waals surface area contributed by atoms with Crippen molar-refractivity contribution in [1.29, 1.82) is 0 Å². The van der Waals surface area contributed by atoms with Crippen LogP contribution in [-0.4, -0.2) is 77.5 Å². The highest BCUT2D eigenvalue weighted by atomic mass is 19.4. The Bertz CT molecular complexity index is 2310. The number of aromatic nitrogens is 4. The molecule has 4 aromatic carbocycles. The number of imidazole rings is 2. The van der Waals surface area contributed by atoms with Gasteiger partial charge in [0.15, 0.2) is 5.52 Å². The SMILES string of the molecule is Nc1cccc2[nH]c(-c3ccc(N4CCOCC4)c(C(F)(F)F)c3)nc12.O=[N+]([O-])c1cccc2[nH]c(-c3ccc(N4CCOCC4)c(C(F)(F)F)c3)nc12. The zero-order valence-corrected chi connectivity index (χ0v) is 28.3. The van der Waals surface area contributed by atoms with Gasteiger partial charge in [-0.3, -0.25) is 10.1 Å². The molecule has 2 saturated heterocycles. The summed E-state index contributed by atoms with van der Waals surface area (Å²) in [6, 6.07) is 17.9. The normalized spacial score (nSPS) is 15.4. The monoisotopic (exact) mass is 754 g/mol. The lowest BCUT2D eigenvalue weighted by Crippen LogP contribution is -2.37. The molecule has 0 atom stereocenters. The highest BCUT2D eigenvalue weighted by Crippen LogP contribution is 2.41. The smallest absolute Gasteiger partial charge is 0.397 e. The number of nitrogens with one attached hydrogen (secondary N) is 2. The molecule has 54 heavy (non-hydrogen) atoms. The number of nitrogen functional groups attached to an aromatic ring is 1.